The molecule has 1 amide bonds. The van der Waals surface area contributed by atoms with Gasteiger partial charge in [0.2, 0.25) is 5.91 Å². The highest BCUT2D eigenvalue weighted by Gasteiger charge is 2.09. The maximum absolute atomic E-state index is 12.3. The zero-order valence-electron chi connectivity index (χ0n) is 15.8. The molecule has 2 aromatic carbocycles. The number of aromatic nitrogens is 2. The van der Waals surface area contributed by atoms with Gasteiger partial charge in [0, 0.05) is 6.54 Å². The first-order chi connectivity index (χ1) is 13.7. The fourth-order valence-corrected chi connectivity index (χ4v) is 2.64. The van der Waals surface area contributed by atoms with Gasteiger partial charge in [-0.2, -0.15) is 0 Å². The minimum Gasteiger partial charge on any atom is -0.493 e. The second kappa shape index (κ2) is 9.36. The van der Waals surface area contributed by atoms with Crippen molar-refractivity contribution in [2.75, 3.05) is 24.9 Å². The zero-order valence-corrected chi connectivity index (χ0v) is 15.8. The van der Waals surface area contributed by atoms with Crippen molar-refractivity contribution in [3.05, 3.63) is 71.8 Å². The molecule has 1 heterocycles. The molecule has 144 valence electrons. The average molecular weight is 378 g/mol. The van der Waals surface area contributed by atoms with Crippen molar-refractivity contribution in [2.45, 2.75) is 13.0 Å². The number of methoxy groups -OCH3 is 2. The van der Waals surface area contributed by atoms with Gasteiger partial charge >= 0.3 is 0 Å². The predicted molar refractivity (Wildman–Crippen MR) is 108 cm³/mol. The van der Waals surface area contributed by atoms with Gasteiger partial charge in [-0.05, 0) is 35.4 Å². The summed E-state index contributed by atoms with van der Waals surface area (Å²) in [6.07, 6.45) is 0.191. The van der Waals surface area contributed by atoms with E-state index in [0.717, 1.165) is 11.1 Å². The summed E-state index contributed by atoms with van der Waals surface area (Å²) in [6, 6.07) is 18.9. The van der Waals surface area contributed by atoms with Gasteiger partial charge in [-0.1, -0.05) is 36.4 Å². The number of carbonyl (C=O) groups excluding carboxylic acids is 1. The van der Waals surface area contributed by atoms with E-state index in [2.05, 4.69) is 20.8 Å². The number of amides is 1. The van der Waals surface area contributed by atoms with E-state index in [0.29, 0.717) is 29.7 Å². The van der Waals surface area contributed by atoms with Crippen LogP contribution in [-0.2, 0) is 17.8 Å². The van der Waals surface area contributed by atoms with Crippen molar-refractivity contribution in [2.24, 2.45) is 0 Å². The molecule has 0 aliphatic rings. The Morgan fingerprint density at radius 1 is 0.857 bits per heavy atom. The number of anilines is 2. The lowest BCUT2D eigenvalue weighted by molar-refractivity contribution is -0.115. The quantitative estimate of drug-likeness (QED) is 0.626. The number of benzene rings is 2. The first-order valence-corrected chi connectivity index (χ1v) is 8.80. The molecule has 0 bridgehead atoms. The van der Waals surface area contributed by atoms with Crippen LogP contribution in [0.25, 0.3) is 0 Å². The molecule has 7 nitrogen and oxygen atoms in total. The van der Waals surface area contributed by atoms with E-state index < -0.39 is 0 Å². The summed E-state index contributed by atoms with van der Waals surface area (Å²) in [5.74, 6) is 2.06. The minimum absolute atomic E-state index is 0.188. The Morgan fingerprint density at radius 3 is 2.25 bits per heavy atom. The normalized spacial score (nSPS) is 10.2. The van der Waals surface area contributed by atoms with Crippen LogP contribution in [0.2, 0.25) is 0 Å². The van der Waals surface area contributed by atoms with Gasteiger partial charge in [-0.3, -0.25) is 4.79 Å². The highest BCUT2D eigenvalue weighted by molar-refractivity contribution is 5.91. The van der Waals surface area contributed by atoms with Crippen LogP contribution >= 0.6 is 0 Å². The molecule has 7 heteroatoms. The molecule has 3 aromatic rings. The molecule has 0 saturated heterocycles. The van der Waals surface area contributed by atoms with E-state index >= 15 is 0 Å². The molecule has 2 N–H and O–H groups in total. The summed E-state index contributed by atoms with van der Waals surface area (Å²) in [7, 11) is 3.13. The Morgan fingerprint density at radius 2 is 1.57 bits per heavy atom. The van der Waals surface area contributed by atoms with E-state index in [1.54, 1.807) is 38.5 Å². The van der Waals surface area contributed by atoms with E-state index in [4.69, 9.17) is 9.47 Å². The molecule has 0 spiro atoms. The summed E-state index contributed by atoms with van der Waals surface area (Å²) < 4.78 is 10.5. The summed E-state index contributed by atoms with van der Waals surface area (Å²) in [6.45, 7) is 0.653. The van der Waals surface area contributed by atoms with Crippen LogP contribution in [0.3, 0.4) is 0 Å². The summed E-state index contributed by atoms with van der Waals surface area (Å²) in [5.41, 5.74) is 1.96. The van der Waals surface area contributed by atoms with Crippen molar-refractivity contribution in [1.29, 1.82) is 0 Å². The SMILES string of the molecule is COc1ccc(CC(=O)Nc2ccc(NCc3ccccc3)nn2)cc1OC. The van der Waals surface area contributed by atoms with Crippen molar-refractivity contribution in [3.8, 4) is 11.5 Å². The van der Waals surface area contributed by atoms with Crippen LogP contribution < -0.4 is 20.1 Å². The van der Waals surface area contributed by atoms with Crippen LogP contribution in [0.15, 0.2) is 60.7 Å². The minimum atomic E-state index is -0.188. The Bertz CT molecular complexity index is 915. The third-order valence-electron chi connectivity index (χ3n) is 4.06. The highest BCUT2D eigenvalue weighted by Crippen LogP contribution is 2.27. The number of hydrogen-bond acceptors (Lipinski definition) is 6. The molecule has 0 aliphatic heterocycles. The Hall–Kier alpha value is -3.61. The Kier molecular flexibility index (Phi) is 6.41. The third-order valence-corrected chi connectivity index (χ3v) is 4.06. The van der Waals surface area contributed by atoms with Gasteiger partial charge in [0.1, 0.15) is 5.82 Å². The van der Waals surface area contributed by atoms with E-state index in [9.17, 15) is 4.79 Å². The molecule has 0 aliphatic carbocycles. The number of nitrogens with zero attached hydrogens (tertiary/aromatic N) is 2. The summed E-state index contributed by atoms with van der Waals surface area (Å²) in [4.78, 5) is 12.3. The molecule has 28 heavy (non-hydrogen) atoms. The number of nitrogens with one attached hydrogen (secondary N) is 2. The van der Waals surface area contributed by atoms with Gasteiger partial charge in [-0.15, -0.1) is 10.2 Å². The Labute approximate surface area is 163 Å². The van der Waals surface area contributed by atoms with Crippen LogP contribution in [0, 0.1) is 0 Å². The third kappa shape index (κ3) is 5.20. The molecule has 1 aromatic heterocycles. The van der Waals surface area contributed by atoms with E-state index in [1.165, 1.54) is 0 Å². The predicted octanol–water partition coefficient (Wildman–Crippen LogP) is 3.29. The standard InChI is InChI=1S/C21H22N4O3/c1-27-17-9-8-16(12-18(17)28-2)13-21(26)23-20-11-10-19(24-25-20)22-14-15-6-4-3-5-7-15/h3-12H,13-14H2,1-2H3,(H,22,24)(H,23,25,26). The number of carbonyl (C=O) groups is 1. The fraction of sp³-hybridized carbons (Fsp3) is 0.190. The maximum Gasteiger partial charge on any atom is 0.229 e. The average Bonchev–Trinajstić information content (AvgIpc) is 2.74. The topological polar surface area (TPSA) is 85.4 Å². The van der Waals surface area contributed by atoms with Crippen molar-refractivity contribution in [1.82, 2.24) is 10.2 Å². The van der Waals surface area contributed by atoms with Gasteiger partial charge in [0.05, 0.1) is 20.6 Å². The molecular formula is C21H22N4O3. The molecule has 3 rings (SSSR count). The van der Waals surface area contributed by atoms with Crippen LogP contribution in [0.4, 0.5) is 11.6 Å². The van der Waals surface area contributed by atoms with E-state index in [1.807, 2.05) is 36.4 Å². The molecular weight excluding hydrogens is 356 g/mol. The highest BCUT2D eigenvalue weighted by atomic mass is 16.5. The van der Waals surface area contributed by atoms with Gasteiger partial charge in [0.25, 0.3) is 0 Å². The zero-order chi connectivity index (χ0) is 19.8. The van der Waals surface area contributed by atoms with Crippen molar-refractivity contribution < 1.29 is 14.3 Å². The maximum atomic E-state index is 12.3. The molecule has 0 unspecified atom stereocenters. The lowest BCUT2D eigenvalue weighted by atomic mass is 10.1. The molecule has 0 atom stereocenters. The van der Waals surface area contributed by atoms with Crippen LogP contribution in [0.5, 0.6) is 11.5 Å². The van der Waals surface area contributed by atoms with E-state index in [-0.39, 0.29) is 12.3 Å². The first kappa shape index (κ1) is 19.2. The Balaban J connectivity index is 1.54. The van der Waals surface area contributed by atoms with Crippen LogP contribution in [0.1, 0.15) is 11.1 Å². The number of hydrogen-bond donors (Lipinski definition) is 2. The molecule has 0 radical (unpaired) electrons. The fourth-order valence-electron chi connectivity index (χ4n) is 2.64. The lowest BCUT2D eigenvalue weighted by Gasteiger charge is -2.10. The number of ether oxygens (including phenoxy) is 2. The van der Waals surface area contributed by atoms with Gasteiger partial charge in [0.15, 0.2) is 17.3 Å². The van der Waals surface area contributed by atoms with Crippen molar-refractivity contribution >= 4 is 17.5 Å². The van der Waals surface area contributed by atoms with Crippen LogP contribution in [-0.4, -0.2) is 30.3 Å². The van der Waals surface area contributed by atoms with Gasteiger partial charge < -0.3 is 20.1 Å². The number of rotatable bonds is 8. The molecule has 0 fully saturated rings. The second-order valence-electron chi connectivity index (χ2n) is 6.06. The summed E-state index contributed by atoms with van der Waals surface area (Å²) in [5, 5.41) is 14.1. The second-order valence-corrected chi connectivity index (χ2v) is 6.06. The van der Waals surface area contributed by atoms with Crippen molar-refractivity contribution in [3.63, 3.8) is 0 Å². The molecule has 0 saturated carbocycles. The van der Waals surface area contributed by atoms with Gasteiger partial charge in [-0.25, -0.2) is 0 Å². The largest absolute Gasteiger partial charge is 0.493 e. The first-order valence-electron chi connectivity index (χ1n) is 8.80. The summed E-state index contributed by atoms with van der Waals surface area (Å²) >= 11 is 0. The lowest BCUT2D eigenvalue weighted by Crippen LogP contribution is -2.16. The monoisotopic (exact) mass is 378 g/mol. The smallest absolute Gasteiger partial charge is 0.229 e.